The van der Waals surface area contributed by atoms with Gasteiger partial charge in [-0.15, -0.1) is 0 Å². The second-order valence-electron chi connectivity index (χ2n) is 3.23. The van der Waals surface area contributed by atoms with Gasteiger partial charge in [0.05, 0.1) is 29.0 Å². The minimum Gasteiger partial charge on any atom is -0.496 e. The summed E-state index contributed by atoms with van der Waals surface area (Å²) in [6.45, 7) is 0. The quantitative estimate of drug-likeness (QED) is 0.880. The molecule has 0 amide bonds. The van der Waals surface area contributed by atoms with E-state index in [1.165, 1.54) is 19.2 Å². The number of aromatic nitrogens is 2. The molecular formula is C10H9BrF2N2O. The number of hydrogen-bond donors (Lipinski definition) is 1. The van der Waals surface area contributed by atoms with Crippen LogP contribution in [0, 0.1) is 0 Å². The van der Waals surface area contributed by atoms with Crippen LogP contribution in [0.2, 0.25) is 0 Å². The molecule has 0 bridgehead atoms. The van der Waals surface area contributed by atoms with Gasteiger partial charge >= 0.3 is 0 Å². The lowest BCUT2D eigenvalue weighted by atomic mass is 10.2. The molecule has 0 aliphatic heterocycles. The predicted molar refractivity (Wildman–Crippen MR) is 60.2 cm³/mol. The summed E-state index contributed by atoms with van der Waals surface area (Å²) in [5.74, 6) is 0.860. The largest absolute Gasteiger partial charge is 0.496 e. The Morgan fingerprint density at radius 1 is 1.50 bits per heavy atom. The zero-order valence-electron chi connectivity index (χ0n) is 8.43. The fourth-order valence-electron chi connectivity index (χ4n) is 1.52. The van der Waals surface area contributed by atoms with Gasteiger partial charge in [0, 0.05) is 6.07 Å². The fraction of sp³-hybridized carbons (Fsp3) is 0.300. The first-order valence-corrected chi connectivity index (χ1v) is 5.68. The zero-order chi connectivity index (χ0) is 11.7. The Hall–Kier alpha value is -1.17. The number of benzene rings is 1. The summed E-state index contributed by atoms with van der Waals surface area (Å²) < 4.78 is 30.3. The fourth-order valence-corrected chi connectivity index (χ4v) is 1.78. The molecule has 1 aromatic carbocycles. The van der Waals surface area contributed by atoms with Crippen LogP contribution < -0.4 is 4.74 Å². The second kappa shape index (κ2) is 4.37. The lowest BCUT2D eigenvalue weighted by molar-refractivity contribution is 0.147. The average molecular weight is 291 g/mol. The second-order valence-corrected chi connectivity index (χ2v) is 3.79. The lowest BCUT2D eigenvalue weighted by Gasteiger charge is -2.06. The van der Waals surface area contributed by atoms with E-state index >= 15 is 0 Å². The molecule has 0 radical (unpaired) electrons. The summed E-state index contributed by atoms with van der Waals surface area (Å²) in [7, 11) is 1.37. The van der Waals surface area contributed by atoms with E-state index in [0.717, 1.165) is 0 Å². The number of nitrogens with one attached hydrogen (secondary N) is 1. The van der Waals surface area contributed by atoms with Crippen LogP contribution in [0.3, 0.4) is 0 Å². The molecule has 86 valence electrons. The maximum absolute atomic E-state index is 12.7. The van der Waals surface area contributed by atoms with Crippen molar-refractivity contribution in [2.75, 3.05) is 7.11 Å². The van der Waals surface area contributed by atoms with Gasteiger partial charge in [-0.1, -0.05) is 15.9 Å². The van der Waals surface area contributed by atoms with E-state index < -0.39 is 6.43 Å². The van der Waals surface area contributed by atoms with Gasteiger partial charge in [-0.2, -0.15) is 0 Å². The SMILES string of the molecule is COc1cc2nc(CBr)[nH]c2cc1C(F)F. The summed E-state index contributed by atoms with van der Waals surface area (Å²) in [6.07, 6.45) is -2.56. The monoisotopic (exact) mass is 290 g/mol. The number of nitrogens with zero attached hydrogens (tertiary/aromatic N) is 1. The summed E-state index contributed by atoms with van der Waals surface area (Å²) in [5.41, 5.74) is 1.08. The first-order valence-electron chi connectivity index (χ1n) is 4.56. The normalized spacial score (nSPS) is 11.3. The number of methoxy groups -OCH3 is 1. The van der Waals surface area contributed by atoms with Gasteiger partial charge in [0.15, 0.2) is 0 Å². The van der Waals surface area contributed by atoms with E-state index in [-0.39, 0.29) is 11.3 Å². The van der Waals surface area contributed by atoms with Crippen molar-refractivity contribution in [3.05, 3.63) is 23.5 Å². The Labute approximate surface area is 98.9 Å². The van der Waals surface area contributed by atoms with Crippen LogP contribution in [-0.4, -0.2) is 17.1 Å². The first-order chi connectivity index (χ1) is 7.65. The third-order valence-electron chi connectivity index (χ3n) is 2.24. The van der Waals surface area contributed by atoms with E-state index in [4.69, 9.17) is 4.74 Å². The summed E-state index contributed by atoms with van der Waals surface area (Å²) in [4.78, 5) is 7.16. The molecule has 2 rings (SSSR count). The molecule has 3 nitrogen and oxygen atoms in total. The van der Waals surface area contributed by atoms with Crippen LogP contribution in [0.1, 0.15) is 17.8 Å². The lowest BCUT2D eigenvalue weighted by Crippen LogP contribution is -1.92. The standard InChI is InChI=1S/C10H9BrF2N2O/c1-16-8-3-7-6(2-5(8)10(12)13)14-9(4-11)15-7/h2-3,10H,4H2,1H3,(H,14,15). The maximum Gasteiger partial charge on any atom is 0.267 e. The van der Waals surface area contributed by atoms with E-state index in [0.29, 0.717) is 22.2 Å². The molecule has 0 saturated carbocycles. The van der Waals surface area contributed by atoms with Crippen LogP contribution >= 0.6 is 15.9 Å². The summed E-state index contributed by atoms with van der Waals surface area (Å²) in [5, 5.41) is 0.550. The van der Waals surface area contributed by atoms with Crippen molar-refractivity contribution in [3.8, 4) is 5.75 Å². The number of rotatable bonds is 3. The van der Waals surface area contributed by atoms with Crippen molar-refractivity contribution in [2.45, 2.75) is 11.8 Å². The molecule has 2 aromatic rings. The van der Waals surface area contributed by atoms with Crippen LogP contribution in [0.5, 0.6) is 5.75 Å². The highest BCUT2D eigenvalue weighted by Crippen LogP contribution is 2.32. The molecule has 0 fully saturated rings. The number of H-pyrrole nitrogens is 1. The molecule has 0 saturated heterocycles. The van der Waals surface area contributed by atoms with Gasteiger partial charge in [0.1, 0.15) is 11.6 Å². The first kappa shape index (κ1) is 11.3. The molecule has 6 heteroatoms. The Morgan fingerprint density at radius 3 is 2.81 bits per heavy atom. The highest BCUT2D eigenvalue weighted by molar-refractivity contribution is 9.08. The molecular weight excluding hydrogens is 282 g/mol. The minimum atomic E-state index is -2.56. The molecule has 0 aliphatic carbocycles. The number of fused-ring (bicyclic) bond motifs is 1. The predicted octanol–water partition coefficient (Wildman–Crippen LogP) is 3.40. The number of aromatic amines is 1. The third-order valence-corrected chi connectivity index (χ3v) is 2.78. The molecule has 0 aliphatic rings. The van der Waals surface area contributed by atoms with Crippen molar-refractivity contribution < 1.29 is 13.5 Å². The van der Waals surface area contributed by atoms with E-state index in [2.05, 4.69) is 25.9 Å². The van der Waals surface area contributed by atoms with Crippen molar-refractivity contribution in [1.82, 2.24) is 9.97 Å². The van der Waals surface area contributed by atoms with Crippen molar-refractivity contribution in [2.24, 2.45) is 0 Å². The highest BCUT2D eigenvalue weighted by atomic mass is 79.9. The summed E-state index contributed by atoms with van der Waals surface area (Å²) in [6, 6.07) is 2.89. The van der Waals surface area contributed by atoms with Crippen LogP contribution in [-0.2, 0) is 5.33 Å². The Bertz CT molecular complexity index is 513. The minimum absolute atomic E-state index is 0.125. The molecule has 0 unspecified atom stereocenters. The van der Waals surface area contributed by atoms with Gasteiger partial charge in [-0.25, -0.2) is 13.8 Å². The maximum atomic E-state index is 12.7. The molecule has 0 spiro atoms. The topological polar surface area (TPSA) is 37.9 Å². The van der Waals surface area contributed by atoms with Gasteiger partial charge in [0.2, 0.25) is 0 Å². The Morgan fingerprint density at radius 2 is 2.25 bits per heavy atom. The number of alkyl halides is 3. The Balaban J connectivity index is 2.63. The van der Waals surface area contributed by atoms with Crippen LogP contribution in [0.4, 0.5) is 8.78 Å². The van der Waals surface area contributed by atoms with Crippen molar-refractivity contribution in [1.29, 1.82) is 0 Å². The molecule has 1 heterocycles. The molecule has 1 N–H and O–H groups in total. The van der Waals surface area contributed by atoms with Gasteiger partial charge in [0.25, 0.3) is 6.43 Å². The number of imidazole rings is 1. The van der Waals surface area contributed by atoms with E-state index in [9.17, 15) is 8.78 Å². The smallest absolute Gasteiger partial charge is 0.267 e. The van der Waals surface area contributed by atoms with E-state index in [1.54, 1.807) is 0 Å². The molecule has 0 atom stereocenters. The van der Waals surface area contributed by atoms with Crippen molar-refractivity contribution in [3.63, 3.8) is 0 Å². The van der Waals surface area contributed by atoms with Crippen molar-refractivity contribution >= 4 is 27.0 Å². The van der Waals surface area contributed by atoms with Gasteiger partial charge < -0.3 is 9.72 Å². The van der Waals surface area contributed by atoms with Gasteiger partial charge in [-0.3, -0.25) is 0 Å². The van der Waals surface area contributed by atoms with E-state index in [1.807, 2.05) is 0 Å². The zero-order valence-corrected chi connectivity index (χ0v) is 10.0. The van der Waals surface area contributed by atoms with Gasteiger partial charge in [-0.05, 0) is 6.07 Å². The molecule has 1 aromatic heterocycles. The summed E-state index contributed by atoms with van der Waals surface area (Å²) >= 11 is 3.25. The average Bonchev–Trinajstić information content (AvgIpc) is 2.68. The number of halogens is 3. The van der Waals surface area contributed by atoms with Crippen LogP contribution in [0.15, 0.2) is 12.1 Å². The molecule has 16 heavy (non-hydrogen) atoms. The van der Waals surface area contributed by atoms with Crippen LogP contribution in [0.25, 0.3) is 11.0 Å². The third kappa shape index (κ3) is 1.89. The Kier molecular flexibility index (Phi) is 3.09. The highest BCUT2D eigenvalue weighted by Gasteiger charge is 2.16. The number of hydrogen-bond acceptors (Lipinski definition) is 2. The number of ether oxygens (including phenoxy) is 1.